The minimum Gasteiger partial charge on any atom is -0.461 e. The Hall–Kier alpha value is -0.340. The molecule has 0 amide bonds. The van der Waals surface area contributed by atoms with Crippen molar-refractivity contribution < 1.29 is 17.9 Å². The van der Waals surface area contributed by atoms with Crippen LogP contribution in [0.4, 0.5) is 13.2 Å². The van der Waals surface area contributed by atoms with E-state index in [1.807, 2.05) is 0 Å². The van der Waals surface area contributed by atoms with E-state index in [1.165, 1.54) is 12.3 Å². The van der Waals surface area contributed by atoms with E-state index in [2.05, 4.69) is 33.1 Å². The lowest BCUT2D eigenvalue weighted by atomic mass is 10.1. The molecule has 0 saturated heterocycles. The van der Waals surface area contributed by atoms with E-state index in [0.29, 0.717) is 4.47 Å². The molecule has 0 aliphatic carbocycles. The molecule has 1 aromatic rings. The number of pyridine rings is 1. The third kappa shape index (κ3) is 4.44. The summed E-state index contributed by atoms with van der Waals surface area (Å²) in [5, 5.41) is 0. The van der Waals surface area contributed by atoms with Gasteiger partial charge in [0.1, 0.15) is 0 Å². The second-order valence-corrected chi connectivity index (χ2v) is 5.25. The van der Waals surface area contributed by atoms with Crippen molar-refractivity contribution in [2.75, 3.05) is 6.26 Å². The molecular formula is C9H7BrF3NOS2. The van der Waals surface area contributed by atoms with Crippen LogP contribution in [0.25, 0.3) is 0 Å². The highest BCUT2D eigenvalue weighted by atomic mass is 79.9. The topological polar surface area (TPSA) is 22.1 Å². The van der Waals surface area contributed by atoms with Crippen molar-refractivity contribution in [2.45, 2.75) is 12.3 Å². The fraction of sp³-hybridized carbons (Fsp3) is 0.333. The maximum atomic E-state index is 12.8. The number of ether oxygens (including phenoxy) is 1. The van der Waals surface area contributed by atoms with Gasteiger partial charge in [0.25, 0.3) is 0 Å². The normalized spacial score (nSPS) is 13.2. The molecule has 2 nitrogen and oxygen atoms in total. The van der Waals surface area contributed by atoms with Gasteiger partial charge in [0.15, 0.2) is 0 Å². The van der Waals surface area contributed by atoms with Crippen molar-refractivity contribution >= 4 is 44.3 Å². The van der Waals surface area contributed by atoms with E-state index in [9.17, 15) is 13.2 Å². The number of alkyl halides is 3. The molecule has 0 spiro atoms. The average molecular weight is 346 g/mol. The Labute approximate surface area is 114 Å². The fourth-order valence-corrected chi connectivity index (χ4v) is 1.71. The fourth-order valence-electron chi connectivity index (χ4n) is 1.04. The van der Waals surface area contributed by atoms with Gasteiger partial charge >= 0.3 is 6.18 Å². The molecule has 0 aliphatic rings. The zero-order valence-electron chi connectivity index (χ0n) is 8.49. The van der Waals surface area contributed by atoms with Crippen molar-refractivity contribution in [3.63, 3.8) is 0 Å². The second kappa shape index (κ2) is 6.01. The van der Waals surface area contributed by atoms with Crippen LogP contribution in [-0.2, 0) is 4.74 Å². The number of aromatic nitrogens is 1. The second-order valence-electron chi connectivity index (χ2n) is 2.93. The highest BCUT2D eigenvalue weighted by molar-refractivity contribution is 9.10. The molecule has 17 heavy (non-hydrogen) atoms. The third-order valence-corrected chi connectivity index (χ3v) is 3.17. The van der Waals surface area contributed by atoms with Gasteiger partial charge in [0, 0.05) is 22.4 Å². The number of rotatable bonds is 2. The lowest BCUT2D eigenvalue weighted by Gasteiger charge is -2.21. The molecule has 94 valence electrons. The molecular weight excluding hydrogens is 339 g/mol. The predicted octanol–water partition coefficient (Wildman–Crippen LogP) is 4.11. The van der Waals surface area contributed by atoms with Crippen LogP contribution in [0.1, 0.15) is 11.7 Å². The summed E-state index contributed by atoms with van der Waals surface area (Å²) in [6.45, 7) is 0. The molecule has 1 rings (SSSR count). The van der Waals surface area contributed by atoms with Crippen LogP contribution < -0.4 is 0 Å². The Bertz CT molecular complexity index is 413. The van der Waals surface area contributed by atoms with E-state index in [0.717, 1.165) is 18.0 Å². The van der Waals surface area contributed by atoms with Crippen LogP contribution in [0.5, 0.6) is 0 Å². The number of thioether (sulfide) groups is 1. The summed E-state index contributed by atoms with van der Waals surface area (Å²) in [4.78, 5) is 3.67. The van der Waals surface area contributed by atoms with E-state index in [4.69, 9.17) is 4.74 Å². The molecule has 0 N–H and O–H groups in total. The van der Waals surface area contributed by atoms with Gasteiger partial charge in [-0.3, -0.25) is 4.98 Å². The average Bonchev–Trinajstić information content (AvgIpc) is 2.23. The van der Waals surface area contributed by atoms with Gasteiger partial charge in [0.2, 0.25) is 10.5 Å². The van der Waals surface area contributed by atoms with E-state index in [1.54, 1.807) is 6.26 Å². The standard InChI is InChI=1S/C9H7BrF3NOS2/c1-17-8(16)15-7(9(11,12)13)5-2-6(10)4-14-3-5/h2-4,7H,1H3. The lowest BCUT2D eigenvalue weighted by molar-refractivity contribution is -0.200. The first-order valence-electron chi connectivity index (χ1n) is 4.26. The van der Waals surface area contributed by atoms with Gasteiger partial charge in [-0.1, -0.05) is 11.8 Å². The Balaban J connectivity index is 3.02. The van der Waals surface area contributed by atoms with Crippen LogP contribution in [0.15, 0.2) is 22.9 Å². The molecule has 8 heteroatoms. The van der Waals surface area contributed by atoms with E-state index in [-0.39, 0.29) is 9.95 Å². The van der Waals surface area contributed by atoms with Crippen molar-refractivity contribution in [2.24, 2.45) is 0 Å². The summed E-state index contributed by atoms with van der Waals surface area (Å²) in [5.41, 5.74) is -0.0942. The van der Waals surface area contributed by atoms with Crippen LogP contribution in [-0.4, -0.2) is 21.8 Å². The highest BCUT2D eigenvalue weighted by Crippen LogP contribution is 2.37. The van der Waals surface area contributed by atoms with Gasteiger partial charge in [0.05, 0.1) is 0 Å². The van der Waals surface area contributed by atoms with Crippen molar-refractivity contribution in [1.29, 1.82) is 0 Å². The number of halogens is 4. The number of hydrogen-bond donors (Lipinski definition) is 0. The van der Waals surface area contributed by atoms with Gasteiger partial charge < -0.3 is 4.74 Å². The number of hydrogen-bond acceptors (Lipinski definition) is 4. The highest BCUT2D eigenvalue weighted by Gasteiger charge is 2.43. The Morgan fingerprint density at radius 1 is 1.53 bits per heavy atom. The summed E-state index contributed by atoms with van der Waals surface area (Å²) in [6.07, 6.45) is -2.58. The maximum absolute atomic E-state index is 12.8. The summed E-state index contributed by atoms with van der Waals surface area (Å²) in [7, 11) is 0. The molecule has 0 aliphatic heterocycles. The molecule has 0 aromatic carbocycles. The zero-order chi connectivity index (χ0) is 13.1. The van der Waals surface area contributed by atoms with Crippen LogP contribution >= 0.6 is 39.9 Å². The van der Waals surface area contributed by atoms with Crippen LogP contribution in [0.2, 0.25) is 0 Å². The van der Waals surface area contributed by atoms with Crippen LogP contribution in [0.3, 0.4) is 0 Å². The Kier molecular flexibility index (Phi) is 5.21. The zero-order valence-corrected chi connectivity index (χ0v) is 11.7. The molecule has 1 atom stereocenters. The third-order valence-electron chi connectivity index (χ3n) is 1.71. The molecule has 1 unspecified atom stereocenters. The summed E-state index contributed by atoms with van der Waals surface area (Å²) in [6, 6.07) is 1.30. The monoisotopic (exact) mass is 345 g/mol. The SMILES string of the molecule is CSC(=S)OC(c1cncc(Br)c1)C(F)(F)F. The first kappa shape index (κ1) is 14.7. The first-order chi connectivity index (χ1) is 7.84. The Morgan fingerprint density at radius 2 is 2.18 bits per heavy atom. The molecule has 0 saturated carbocycles. The smallest absolute Gasteiger partial charge is 0.429 e. The van der Waals surface area contributed by atoms with Gasteiger partial charge in [-0.25, -0.2) is 0 Å². The summed E-state index contributed by atoms with van der Waals surface area (Å²) in [5.74, 6) is 0. The molecule has 0 fully saturated rings. The van der Waals surface area contributed by atoms with Gasteiger partial charge in [-0.05, 0) is 40.5 Å². The molecule has 1 heterocycles. The van der Waals surface area contributed by atoms with Crippen molar-refractivity contribution in [1.82, 2.24) is 4.98 Å². The van der Waals surface area contributed by atoms with Gasteiger partial charge in [-0.15, -0.1) is 0 Å². The predicted molar refractivity (Wildman–Crippen MR) is 67.9 cm³/mol. The maximum Gasteiger partial charge on any atom is 0.429 e. The Morgan fingerprint density at radius 3 is 2.65 bits per heavy atom. The van der Waals surface area contributed by atoms with Gasteiger partial charge in [-0.2, -0.15) is 13.2 Å². The molecule has 1 aromatic heterocycles. The first-order valence-corrected chi connectivity index (χ1v) is 6.69. The quantitative estimate of drug-likeness (QED) is 0.752. The number of nitrogens with zero attached hydrogens (tertiary/aromatic N) is 1. The van der Waals surface area contributed by atoms with Crippen molar-refractivity contribution in [3.05, 3.63) is 28.5 Å². The minimum atomic E-state index is -4.54. The van der Waals surface area contributed by atoms with E-state index < -0.39 is 12.3 Å². The summed E-state index contributed by atoms with van der Waals surface area (Å²) >= 11 is 8.64. The number of thiocarbonyl (C=S) groups is 1. The van der Waals surface area contributed by atoms with E-state index >= 15 is 0 Å². The minimum absolute atomic E-state index is 0.0942. The lowest BCUT2D eigenvalue weighted by Crippen LogP contribution is -2.25. The largest absolute Gasteiger partial charge is 0.461 e. The molecule has 0 radical (unpaired) electrons. The van der Waals surface area contributed by atoms with Crippen molar-refractivity contribution in [3.8, 4) is 0 Å². The summed E-state index contributed by atoms with van der Waals surface area (Å²) < 4.78 is 43.4. The van der Waals surface area contributed by atoms with Crippen LogP contribution in [0, 0.1) is 0 Å². The molecule has 0 bridgehead atoms.